The Labute approximate surface area is 151 Å². The van der Waals surface area contributed by atoms with Crippen LogP contribution in [-0.4, -0.2) is 23.4 Å². The summed E-state index contributed by atoms with van der Waals surface area (Å²) < 4.78 is 0. The fraction of sp³-hybridized carbons (Fsp3) is 0.526. The number of nitrogens with two attached hydrogens (primary N) is 1. The lowest BCUT2D eigenvalue weighted by Gasteiger charge is -2.33. The molecule has 5 unspecified atom stereocenters. The number of nitrogens with zero attached hydrogens (tertiary/aromatic N) is 1. The summed E-state index contributed by atoms with van der Waals surface area (Å²) in [6.07, 6.45) is 1.43. The van der Waals surface area contributed by atoms with Crippen LogP contribution in [0.4, 0.5) is 0 Å². The zero-order valence-corrected chi connectivity index (χ0v) is 14.8. The number of hydrogen-bond donors (Lipinski definition) is 2. The highest BCUT2D eigenvalue weighted by Crippen LogP contribution is 2.77. The van der Waals surface area contributed by atoms with Crippen molar-refractivity contribution < 1.29 is 14.7 Å². The first-order chi connectivity index (χ1) is 11.9. The second-order valence-electron chi connectivity index (χ2n) is 7.12. The topological polar surface area (TPSA) is 104 Å². The normalized spacial score (nSPS) is 35.7. The van der Waals surface area contributed by atoms with Crippen LogP contribution in [0, 0.1) is 39.9 Å². The summed E-state index contributed by atoms with van der Waals surface area (Å²) in [4.78, 5) is 24.6. The Kier molecular flexibility index (Phi) is 4.38. The monoisotopic (exact) mass is 360 g/mol. The average molecular weight is 361 g/mol. The van der Waals surface area contributed by atoms with Crippen molar-refractivity contribution in [1.82, 2.24) is 0 Å². The summed E-state index contributed by atoms with van der Waals surface area (Å²) in [5, 5.41) is 20.3. The average Bonchev–Trinajstić information content (AvgIpc) is 3.14. The predicted octanol–water partition coefficient (Wildman–Crippen LogP) is 2.67. The quantitative estimate of drug-likeness (QED) is 0.811. The first kappa shape index (κ1) is 17.9. The SMILES string of the molecule is CCC1(C(=O)O)C2CC(Cc3ccccc3Cl)C(C#N)(C(=O)CN)C21. The molecule has 132 valence electrons. The zero-order chi connectivity index (χ0) is 18.4. The van der Waals surface area contributed by atoms with Crippen molar-refractivity contribution in [3.8, 4) is 6.07 Å². The van der Waals surface area contributed by atoms with Gasteiger partial charge in [-0.15, -0.1) is 0 Å². The smallest absolute Gasteiger partial charge is 0.310 e. The van der Waals surface area contributed by atoms with Gasteiger partial charge in [-0.25, -0.2) is 0 Å². The van der Waals surface area contributed by atoms with Crippen LogP contribution in [0.15, 0.2) is 24.3 Å². The van der Waals surface area contributed by atoms with Crippen molar-refractivity contribution in [3.63, 3.8) is 0 Å². The highest BCUT2D eigenvalue weighted by atomic mass is 35.5. The van der Waals surface area contributed by atoms with Crippen LogP contribution in [0.1, 0.15) is 25.3 Å². The number of carbonyl (C=O) groups excluding carboxylic acids is 1. The molecule has 2 aliphatic carbocycles. The van der Waals surface area contributed by atoms with Gasteiger partial charge in [-0.1, -0.05) is 36.7 Å². The van der Waals surface area contributed by atoms with Crippen LogP contribution in [0.2, 0.25) is 5.02 Å². The third-order valence-corrected chi connectivity index (χ3v) is 6.79. The van der Waals surface area contributed by atoms with E-state index in [4.69, 9.17) is 17.3 Å². The van der Waals surface area contributed by atoms with E-state index in [9.17, 15) is 20.0 Å². The van der Waals surface area contributed by atoms with Crippen LogP contribution < -0.4 is 5.73 Å². The molecule has 0 aliphatic heterocycles. The number of carboxylic acid groups (broad SMARTS) is 1. The molecule has 0 aromatic heterocycles. The maximum atomic E-state index is 12.7. The van der Waals surface area contributed by atoms with Crippen LogP contribution in [0.5, 0.6) is 0 Å². The number of hydrogen-bond acceptors (Lipinski definition) is 4. The lowest BCUT2D eigenvalue weighted by molar-refractivity contribution is -0.146. The van der Waals surface area contributed by atoms with E-state index in [1.54, 1.807) is 6.07 Å². The summed E-state index contributed by atoms with van der Waals surface area (Å²) in [5.41, 5.74) is 4.17. The van der Waals surface area contributed by atoms with Gasteiger partial charge in [0.05, 0.1) is 18.0 Å². The maximum absolute atomic E-state index is 12.7. The largest absolute Gasteiger partial charge is 0.481 e. The Morgan fingerprint density at radius 1 is 1.44 bits per heavy atom. The highest BCUT2D eigenvalue weighted by Gasteiger charge is 2.82. The molecule has 3 rings (SSSR count). The number of ketones is 1. The minimum absolute atomic E-state index is 0.155. The van der Waals surface area contributed by atoms with E-state index in [2.05, 4.69) is 6.07 Å². The van der Waals surface area contributed by atoms with Crippen LogP contribution in [0.25, 0.3) is 0 Å². The Balaban J connectivity index is 2.02. The lowest BCUT2D eigenvalue weighted by Crippen LogP contribution is -2.45. The summed E-state index contributed by atoms with van der Waals surface area (Å²) in [5.74, 6) is -2.14. The molecule has 2 aliphatic rings. The molecule has 2 saturated carbocycles. The molecule has 25 heavy (non-hydrogen) atoms. The third-order valence-electron chi connectivity index (χ3n) is 6.42. The molecule has 3 N–H and O–H groups in total. The van der Waals surface area contributed by atoms with E-state index in [1.165, 1.54) is 0 Å². The molecule has 0 saturated heterocycles. The Morgan fingerprint density at radius 2 is 2.12 bits per heavy atom. The third kappa shape index (κ3) is 2.24. The number of carbonyl (C=O) groups is 2. The molecule has 0 radical (unpaired) electrons. The summed E-state index contributed by atoms with van der Waals surface area (Å²) in [6.45, 7) is 1.56. The van der Waals surface area contributed by atoms with Crippen molar-refractivity contribution in [2.24, 2.45) is 34.3 Å². The molecule has 0 bridgehead atoms. The number of halogens is 1. The Bertz CT molecular complexity index is 774. The summed E-state index contributed by atoms with van der Waals surface area (Å²) >= 11 is 6.25. The minimum atomic E-state index is -1.34. The highest BCUT2D eigenvalue weighted by molar-refractivity contribution is 6.31. The number of carboxylic acids is 1. The fourth-order valence-electron chi connectivity index (χ4n) is 5.23. The van der Waals surface area contributed by atoms with Gasteiger partial charge in [0, 0.05) is 10.9 Å². The Hall–Kier alpha value is -1.90. The summed E-state index contributed by atoms with van der Waals surface area (Å²) in [6, 6.07) is 9.57. The van der Waals surface area contributed by atoms with Gasteiger partial charge in [-0.3, -0.25) is 9.59 Å². The number of benzene rings is 1. The predicted molar refractivity (Wildman–Crippen MR) is 92.7 cm³/mol. The van der Waals surface area contributed by atoms with Gasteiger partial charge in [-0.05, 0) is 42.7 Å². The Morgan fingerprint density at radius 3 is 2.64 bits per heavy atom. The van der Waals surface area contributed by atoms with Gasteiger partial charge >= 0.3 is 5.97 Å². The minimum Gasteiger partial charge on any atom is -0.481 e. The molecule has 0 spiro atoms. The first-order valence-electron chi connectivity index (χ1n) is 8.51. The molecule has 5 atom stereocenters. The van der Waals surface area contributed by atoms with Crippen molar-refractivity contribution in [3.05, 3.63) is 34.9 Å². The van der Waals surface area contributed by atoms with Crippen molar-refractivity contribution in [1.29, 1.82) is 5.26 Å². The molecule has 2 fully saturated rings. The second-order valence-corrected chi connectivity index (χ2v) is 7.53. The number of rotatable bonds is 6. The van der Waals surface area contributed by atoms with E-state index >= 15 is 0 Å². The van der Waals surface area contributed by atoms with E-state index in [0.717, 1.165) is 5.56 Å². The molecular weight excluding hydrogens is 340 g/mol. The van der Waals surface area contributed by atoms with Crippen molar-refractivity contribution in [2.75, 3.05) is 6.54 Å². The van der Waals surface area contributed by atoms with E-state index in [-0.39, 0.29) is 24.2 Å². The molecule has 5 nitrogen and oxygen atoms in total. The van der Waals surface area contributed by atoms with Gasteiger partial charge in [0.2, 0.25) is 0 Å². The maximum Gasteiger partial charge on any atom is 0.310 e. The molecule has 1 aromatic carbocycles. The molecule has 1 aromatic rings. The van der Waals surface area contributed by atoms with Crippen molar-refractivity contribution in [2.45, 2.75) is 26.2 Å². The number of aliphatic carboxylic acids is 1. The van der Waals surface area contributed by atoms with Crippen LogP contribution in [-0.2, 0) is 16.0 Å². The number of Topliss-reactive ketones (excluding diaryl/α,β-unsaturated/α-hetero) is 1. The molecular formula is C19H21ClN2O3. The molecule has 0 amide bonds. The standard InChI is InChI=1S/C19H21ClN2O3/c1-2-18(17(24)25)13-8-12(7-11-5-3-4-6-14(11)20)19(10-22,16(13)18)15(23)9-21/h3-6,12-13,16H,2,7-9,21H2,1H3,(H,24,25). The lowest BCUT2D eigenvalue weighted by atomic mass is 9.65. The van der Waals surface area contributed by atoms with Crippen LogP contribution in [0.3, 0.4) is 0 Å². The van der Waals surface area contributed by atoms with Crippen LogP contribution >= 0.6 is 11.6 Å². The zero-order valence-electron chi connectivity index (χ0n) is 14.0. The van der Waals surface area contributed by atoms with E-state index < -0.39 is 22.7 Å². The van der Waals surface area contributed by atoms with Gasteiger partial charge < -0.3 is 10.8 Å². The summed E-state index contributed by atoms with van der Waals surface area (Å²) in [7, 11) is 0. The van der Waals surface area contributed by atoms with E-state index in [1.807, 2.05) is 25.1 Å². The number of fused-ring (bicyclic) bond motifs is 1. The van der Waals surface area contributed by atoms with Gasteiger partial charge in [0.25, 0.3) is 0 Å². The molecule has 6 heteroatoms. The molecule has 0 heterocycles. The van der Waals surface area contributed by atoms with Gasteiger partial charge in [-0.2, -0.15) is 5.26 Å². The van der Waals surface area contributed by atoms with Gasteiger partial charge in [0.15, 0.2) is 5.78 Å². The van der Waals surface area contributed by atoms with Gasteiger partial charge in [0.1, 0.15) is 5.41 Å². The van der Waals surface area contributed by atoms with E-state index in [0.29, 0.717) is 24.3 Å². The fourth-order valence-corrected chi connectivity index (χ4v) is 5.44. The van der Waals surface area contributed by atoms with Crippen molar-refractivity contribution >= 4 is 23.4 Å². The second kappa shape index (κ2) is 6.12. The first-order valence-corrected chi connectivity index (χ1v) is 8.89. The number of nitriles is 1.